The summed E-state index contributed by atoms with van der Waals surface area (Å²) in [6, 6.07) is 5.85. The van der Waals surface area contributed by atoms with Crippen LogP contribution in [-0.4, -0.2) is 37.8 Å². The standard InChI is InChI=1S/C18H31N3O3S/c1-6-21(7-2)25(23,24)16-10-8-15(9-11-16)14(5)20-18(22)17(19)12-13(3)4/h8-11,13-14,17H,6-7,12,19H2,1-5H3,(H,20,22)/t14?,17-/m0/s1. The molecule has 6 nitrogen and oxygen atoms in total. The van der Waals surface area contributed by atoms with Crippen LogP contribution in [0.3, 0.4) is 0 Å². The predicted octanol–water partition coefficient (Wildman–Crippen LogP) is 2.27. The van der Waals surface area contributed by atoms with Gasteiger partial charge in [0.25, 0.3) is 0 Å². The zero-order valence-electron chi connectivity index (χ0n) is 15.8. The Bertz CT molecular complexity index is 653. The van der Waals surface area contributed by atoms with Crippen LogP contribution >= 0.6 is 0 Å². The molecule has 0 aliphatic heterocycles. The molecule has 0 bridgehead atoms. The van der Waals surface area contributed by atoms with Gasteiger partial charge in [0, 0.05) is 13.1 Å². The van der Waals surface area contributed by atoms with Crippen LogP contribution in [0.15, 0.2) is 29.2 Å². The van der Waals surface area contributed by atoms with Crippen molar-refractivity contribution in [1.29, 1.82) is 0 Å². The number of sulfonamides is 1. The number of hydrogen-bond donors (Lipinski definition) is 2. The molecule has 0 radical (unpaired) electrons. The van der Waals surface area contributed by atoms with Crippen molar-refractivity contribution in [1.82, 2.24) is 9.62 Å². The molecule has 1 amide bonds. The molecule has 0 heterocycles. The summed E-state index contributed by atoms with van der Waals surface area (Å²) in [5.74, 6) is 0.154. The molecule has 1 rings (SSSR count). The first-order valence-electron chi connectivity index (χ1n) is 8.79. The molecule has 1 aromatic rings. The van der Waals surface area contributed by atoms with Crippen LogP contribution in [0.1, 0.15) is 52.6 Å². The van der Waals surface area contributed by atoms with Gasteiger partial charge in [0.2, 0.25) is 15.9 Å². The van der Waals surface area contributed by atoms with Crippen molar-refractivity contribution in [3.8, 4) is 0 Å². The van der Waals surface area contributed by atoms with Gasteiger partial charge in [-0.2, -0.15) is 4.31 Å². The summed E-state index contributed by atoms with van der Waals surface area (Å²) in [6.45, 7) is 10.4. The quantitative estimate of drug-likeness (QED) is 0.698. The summed E-state index contributed by atoms with van der Waals surface area (Å²) in [7, 11) is -3.47. The zero-order chi connectivity index (χ0) is 19.2. The summed E-state index contributed by atoms with van der Waals surface area (Å²) in [5.41, 5.74) is 6.73. The lowest BCUT2D eigenvalue weighted by molar-refractivity contribution is -0.123. The molecule has 0 spiro atoms. The average molecular weight is 370 g/mol. The fourth-order valence-corrected chi connectivity index (χ4v) is 4.12. The maximum atomic E-state index is 12.5. The summed E-state index contributed by atoms with van der Waals surface area (Å²) >= 11 is 0. The molecule has 1 unspecified atom stereocenters. The normalized spacial score (nSPS) is 14.6. The van der Waals surface area contributed by atoms with E-state index in [0.29, 0.717) is 25.4 Å². The number of amides is 1. The first-order valence-corrected chi connectivity index (χ1v) is 10.2. The van der Waals surface area contributed by atoms with Crippen molar-refractivity contribution in [3.05, 3.63) is 29.8 Å². The Hall–Kier alpha value is -1.44. The number of carbonyl (C=O) groups is 1. The van der Waals surface area contributed by atoms with Gasteiger partial charge in [-0.15, -0.1) is 0 Å². The van der Waals surface area contributed by atoms with Crippen molar-refractivity contribution in [2.75, 3.05) is 13.1 Å². The molecular formula is C18H31N3O3S. The van der Waals surface area contributed by atoms with Gasteiger partial charge in [0.05, 0.1) is 17.0 Å². The van der Waals surface area contributed by atoms with E-state index in [-0.39, 0.29) is 16.8 Å². The highest BCUT2D eigenvalue weighted by Crippen LogP contribution is 2.19. The molecule has 25 heavy (non-hydrogen) atoms. The minimum atomic E-state index is -3.47. The Balaban J connectivity index is 2.84. The van der Waals surface area contributed by atoms with Gasteiger partial charge < -0.3 is 11.1 Å². The monoisotopic (exact) mass is 369 g/mol. The molecule has 0 fully saturated rings. The summed E-state index contributed by atoms with van der Waals surface area (Å²) in [6.07, 6.45) is 0.625. The molecule has 0 saturated carbocycles. The van der Waals surface area contributed by atoms with Gasteiger partial charge in [-0.25, -0.2) is 8.42 Å². The van der Waals surface area contributed by atoms with Crippen molar-refractivity contribution in [2.24, 2.45) is 11.7 Å². The molecule has 0 saturated heterocycles. The Kier molecular flexibility index (Phi) is 8.05. The summed E-state index contributed by atoms with van der Waals surface area (Å²) in [5, 5.41) is 2.88. The third kappa shape index (κ3) is 5.80. The van der Waals surface area contributed by atoms with E-state index in [1.807, 2.05) is 34.6 Å². The molecule has 0 aliphatic carbocycles. The molecule has 0 aromatic heterocycles. The molecule has 142 valence electrons. The molecule has 3 N–H and O–H groups in total. The Morgan fingerprint density at radius 1 is 1.12 bits per heavy atom. The SMILES string of the molecule is CCN(CC)S(=O)(=O)c1ccc(C(C)NC(=O)[C@@H](N)CC(C)C)cc1. The lowest BCUT2D eigenvalue weighted by Gasteiger charge is -2.20. The van der Waals surface area contributed by atoms with E-state index in [2.05, 4.69) is 5.32 Å². The first-order chi connectivity index (χ1) is 11.6. The van der Waals surface area contributed by atoms with E-state index >= 15 is 0 Å². The third-order valence-electron chi connectivity index (χ3n) is 4.14. The lowest BCUT2D eigenvalue weighted by atomic mass is 10.0. The van der Waals surface area contributed by atoms with Crippen LogP contribution in [0.5, 0.6) is 0 Å². The second kappa shape index (κ2) is 9.31. The number of nitrogens with one attached hydrogen (secondary N) is 1. The van der Waals surface area contributed by atoms with Gasteiger partial charge in [0.15, 0.2) is 0 Å². The lowest BCUT2D eigenvalue weighted by Crippen LogP contribution is -2.42. The number of nitrogens with two attached hydrogens (primary N) is 1. The van der Waals surface area contributed by atoms with Gasteiger partial charge in [-0.1, -0.05) is 39.8 Å². The van der Waals surface area contributed by atoms with E-state index in [0.717, 1.165) is 5.56 Å². The van der Waals surface area contributed by atoms with Crippen molar-refractivity contribution < 1.29 is 13.2 Å². The fourth-order valence-electron chi connectivity index (χ4n) is 2.66. The van der Waals surface area contributed by atoms with Gasteiger partial charge in [-0.05, 0) is 37.0 Å². The maximum Gasteiger partial charge on any atom is 0.243 e. The maximum absolute atomic E-state index is 12.5. The highest BCUT2D eigenvalue weighted by atomic mass is 32.2. The largest absolute Gasteiger partial charge is 0.348 e. The van der Waals surface area contributed by atoms with E-state index in [1.54, 1.807) is 24.3 Å². The molecular weight excluding hydrogens is 338 g/mol. The van der Waals surface area contributed by atoms with E-state index in [4.69, 9.17) is 5.73 Å². The molecule has 0 aliphatic rings. The van der Waals surface area contributed by atoms with Crippen LogP contribution in [0.2, 0.25) is 0 Å². The highest BCUT2D eigenvalue weighted by molar-refractivity contribution is 7.89. The zero-order valence-corrected chi connectivity index (χ0v) is 16.6. The molecule has 7 heteroatoms. The smallest absolute Gasteiger partial charge is 0.243 e. The van der Waals surface area contributed by atoms with Crippen LogP contribution < -0.4 is 11.1 Å². The first kappa shape index (κ1) is 21.6. The van der Waals surface area contributed by atoms with Gasteiger partial charge in [0.1, 0.15) is 0 Å². The Labute approximate surface area is 151 Å². The van der Waals surface area contributed by atoms with E-state index in [1.165, 1.54) is 4.31 Å². The minimum absolute atomic E-state index is 0.193. The van der Waals surface area contributed by atoms with Crippen molar-refractivity contribution in [3.63, 3.8) is 0 Å². The van der Waals surface area contributed by atoms with Crippen LogP contribution in [0.4, 0.5) is 0 Å². The summed E-state index contributed by atoms with van der Waals surface area (Å²) < 4.78 is 26.4. The number of carbonyl (C=O) groups excluding carboxylic acids is 1. The number of benzene rings is 1. The number of nitrogens with zero attached hydrogens (tertiary/aromatic N) is 1. The number of hydrogen-bond acceptors (Lipinski definition) is 4. The fraction of sp³-hybridized carbons (Fsp3) is 0.611. The Morgan fingerprint density at radius 3 is 2.08 bits per heavy atom. The van der Waals surface area contributed by atoms with Crippen LogP contribution in [0, 0.1) is 5.92 Å². The third-order valence-corrected chi connectivity index (χ3v) is 6.21. The van der Waals surface area contributed by atoms with Crippen molar-refractivity contribution >= 4 is 15.9 Å². The van der Waals surface area contributed by atoms with E-state index < -0.39 is 16.1 Å². The summed E-state index contributed by atoms with van der Waals surface area (Å²) in [4.78, 5) is 12.4. The molecule has 2 atom stereocenters. The number of rotatable bonds is 9. The van der Waals surface area contributed by atoms with Crippen LogP contribution in [0.25, 0.3) is 0 Å². The molecule has 1 aromatic carbocycles. The second-order valence-corrected chi connectivity index (χ2v) is 8.56. The van der Waals surface area contributed by atoms with Gasteiger partial charge >= 0.3 is 0 Å². The average Bonchev–Trinajstić information content (AvgIpc) is 2.55. The van der Waals surface area contributed by atoms with Crippen molar-refractivity contribution in [2.45, 2.75) is 58.0 Å². The van der Waals surface area contributed by atoms with Crippen LogP contribution in [-0.2, 0) is 14.8 Å². The Morgan fingerprint density at radius 2 is 1.64 bits per heavy atom. The highest BCUT2D eigenvalue weighted by Gasteiger charge is 2.22. The second-order valence-electron chi connectivity index (χ2n) is 6.62. The van der Waals surface area contributed by atoms with Gasteiger partial charge in [-0.3, -0.25) is 4.79 Å². The van der Waals surface area contributed by atoms with E-state index in [9.17, 15) is 13.2 Å². The topological polar surface area (TPSA) is 92.5 Å². The minimum Gasteiger partial charge on any atom is -0.348 e. The predicted molar refractivity (Wildman–Crippen MR) is 101 cm³/mol.